The summed E-state index contributed by atoms with van der Waals surface area (Å²) in [6.07, 6.45) is 0. The van der Waals surface area contributed by atoms with Gasteiger partial charge in [-0.25, -0.2) is 0 Å². The molecule has 0 bridgehead atoms. The standard InChI is InChI=1S/C21H20ClN5O3/c1-12-19(13(2)28)20(27-21(23-12)24-25-26-27)14-8-9-17(18(10-14)29-3)30-11-15-6-4-5-7-16(15)22/h4-10,20H,11H2,1-3H3,(H,23,24,26). The first-order chi connectivity index (χ1) is 14.5. The van der Waals surface area contributed by atoms with Crippen LogP contribution in [0.5, 0.6) is 11.5 Å². The zero-order valence-electron chi connectivity index (χ0n) is 16.7. The second kappa shape index (κ2) is 8.16. The number of halogens is 1. The van der Waals surface area contributed by atoms with E-state index in [0.29, 0.717) is 40.3 Å². The van der Waals surface area contributed by atoms with Crippen molar-refractivity contribution in [1.82, 2.24) is 20.2 Å². The fourth-order valence-corrected chi connectivity index (χ4v) is 3.71. The van der Waals surface area contributed by atoms with E-state index in [1.54, 1.807) is 11.8 Å². The Hall–Kier alpha value is -3.39. The highest BCUT2D eigenvalue weighted by Gasteiger charge is 2.32. The maximum atomic E-state index is 12.4. The number of fused-ring (bicyclic) bond motifs is 1. The van der Waals surface area contributed by atoms with Gasteiger partial charge in [-0.15, -0.1) is 0 Å². The molecule has 0 radical (unpaired) electrons. The average molecular weight is 426 g/mol. The minimum absolute atomic E-state index is 0.0656. The molecule has 30 heavy (non-hydrogen) atoms. The van der Waals surface area contributed by atoms with Crippen molar-refractivity contribution >= 4 is 23.3 Å². The number of rotatable bonds is 6. The number of benzene rings is 2. The molecule has 0 saturated heterocycles. The van der Waals surface area contributed by atoms with Crippen LogP contribution in [0.15, 0.2) is 53.7 Å². The molecule has 1 unspecified atom stereocenters. The molecule has 1 N–H and O–H groups in total. The highest BCUT2D eigenvalue weighted by Crippen LogP contribution is 2.38. The van der Waals surface area contributed by atoms with Gasteiger partial charge in [-0.1, -0.05) is 41.0 Å². The van der Waals surface area contributed by atoms with Gasteiger partial charge in [0.05, 0.1) is 7.11 Å². The molecule has 4 rings (SSSR count). The summed E-state index contributed by atoms with van der Waals surface area (Å²) in [5.41, 5.74) is 2.98. The van der Waals surface area contributed by atoms with E-state index in [0.717, 1.165) is 11.1 Å². The number of hydrogen-bond donors (Lipinski definition) is 1. The summed E-state index contributed by atoms with van der Waals surface area (Å²) in [4.78, 5) is 12.4. The Morgan fingerprint density at radius 3 is 2.77 bits per heavy atom. The van der Waals surface area contributed by atoms with Crippen molar-refractivity contribution in [2.75, 3.05) is 12.4 Å². The normalized spacial score (nSPS) is 15.4. The average Bonchev–Trinajstić information content (AvgIpc) is 3.20. The van der Waals surface area contributed by atoms with Gasteiger partial charge in [-0.3, -0.25) is 4.79 Å². The van der Waals surface area contributed by atoms with E-state index in [1.165, 1.54) is 6.92 Å². The molecule has 0 aliphatic carbocycles. The Morgan fingerprint density at radius 2 is 2.03 bits per heavy atom. The topological polar surface area (TPSA) is 91.2 Å². The van der Waals surface area contributed by atoms with Gasteiger partial charge in [0.2, 0.25) is 5.95 Å². The Labute approximate surface area is 178 Å². The van der Waals surface area contributed by atoms with E-state index in [1.807, 2.05) is 49.4 Å². The highest BCUT2D eigenvalue weighted by atomic mass is 35.5. The van der Waals surface area contributed by atoms with Crippen LogP contribution in [0.1, 0.15) is 31.0 Å². The maximum absolute atomic E-state index is 12.4. The van der Waals surface area contributed by atoms with Crippen LogP contribution in [0.3, 0.4) is 0 Å². The second-order valence-corrected chi connectivity index (χ2v) is 7.27. The van der Waals surface area contributed by atoms with Gasteiger partial charge in [0.15, 0.2) is 17.3 Å². The Kier molecular flexibility index (Phi) is 5.41. The van der Waals surface area contributed by atoms with Crippen molar-refractivity contribution in [1.29, 1.82) is 0 Å². The van der Waals surface area contributed by atoms with Crippen LogP contribution in [-0.2, 0) is 11.4 Å². The number of ether oxygens (including phenoxy) is 2. The number of carbonyl (C=O) groups is 1. The van der Waals surface area contributed by atoms with Crippen molar-refractivity contribution in [2.45, 2.75) is 26.5 Å². The van der Waals surface area contributed by atoms with Gasteiger partial charge in [-0.05, 0) is 48.0 Å². The Bertz CT molecular complexity index is 1140. The van der Waals surface area contributed by atoms with E-state index < -0.39 is 6.04 Å². The van der Waals surface area contributed by atoms with E-state index in [4.69, 9.17) is 21.1 Å². The zero-order chi connectivity index (χ0) is 21.3. The first-order valence-corrected chi connectivity index (χ1v) is 9.68. The van der Waals surface area contributed by atoms with Gasteiger partial charge in [0.1, 0.15) is 12.6 Å². The third-order valence-electron chi connectivity index (χ3n) is 4.94. The van der Waals surface area contributed by atoms with Gasteiger partial charge in [-0.2, -0.15) is 4.68 Å². The molecule has 0 saturated carbocycles. The Morgan fingerprint density at radius 1 is 1.23 bits per heavy atom. The summed E-state index contributed by atoms with van der Waals surface area (Å²) in [6, 6.07) is 12.6. The number of ketones is 1. The van der Waals surface area contributed by atoms with E-state index >= 15 is 0 Å². The lowest BCUT2D eigenvalue weighted by Crippen LogP contribution is -2.27. The molecular formula is C21H20ClN5O3. The van der Waals surface area contributed by atoms with Crippen LogP contribution in [0.2, 0.25) is 5.02 Å². The van der Waals surface area contributed by atoms with E-state index in [-0.39, 0.29) is 5.78 Å². The monoisotopic (exact) mass is 425 g/mol. The SMILES string of the molecule is COc1cc(C2C(C(C)=O)=C(C)Nc3nnnn32)ccc1OCc1ccccc1Cl. The lowest BCUT2D eigenvalue weighted by Gasteiger charge is -2.27. The largest absolute Gasteiger partial charge is 0.493 e. The lowest BCUT2D eigenvalue weighted by atomic mass is 9.93. The van der Waals surface area contributed by atoms with Gasteiger partial charge in [0.25, 0.3) is 0 Å². The van der Waals surface area contributed by atoms with E-state index in [9.17, 15) is 4.79 Å². The van der Waals surface area contributed by atoms with Crippen molar-refractivity contribution in [3.05, 3.63) is 69.9 Å². The molecule has 2 heterocycles. The van der Waals surface area contributed by atoms with Gasteiger partial charge < -0.3 is 14.8 Å². The van der Waals surface area contributed by atoms with Crippen molar-refractivity contribution in [2.24, 2.45) is 0 Å². The third-order valence-corrected chi connectivity index (χ3v) is 5.31. The van der Waals surface area contributed by atoms with Crippen LogP contribution in [-0.4, -0.2) is 33.1 Å². The fraction of sp³-hybridized carbons (Fsp3) is 0.238. The molecule has 1 aliphatic heterocycles. The predicted octanol–water partition coefficient (Wildman–Crippen LogP) is 3.79. The Balaban J connectivity index is 1.69. The smallest absolute Gasteiger partial charge is 0.248 e. The first kappa shape index (κ1) is 19.9. The summed E-state index contributed by atoms with van der Waals surface area (Å²) < 4.78 is 13.1. The van der Waals surface area contributed by atoms with Crippen LogP contribution in [0.4, 0.5) is 5.95 Å². The molecular weight excluding hydrogens is 406 g/mol. The van der Waals surface area contributed by atoms with Gasteiger partial charge in [0, 0.05) is 21.9 Å². The number of allylic oxidation sites excluding steroid dienone is 2. The second-order valence-electron chi connectivity index (χ2n) is 6.86. The summed E-state index contributed by atoms with van der Waals surface area (Å²) in [5, 5.41) is 15.5. The lowest BCUT2D eigenvalue weighted by molar-refractivity contribution is -0.114. The molecule has 1 aliphatic rings. The fourth-order valence-electron chi connectivity index (χ4n) is 3.52. The molecule has 3 aromatic rings. The van der Waals surface area contributed by atoms with Crippen LogP contribution >= 0.6 is 11.6 Å². The quantitative estimate of drug-likeness (QED) is 0.642. The minimum Gasteiger partial charge on any atom is -0.493 e. The molecule has 0 fully saturated rings. The number of anilines is 1. The van der Waals surface area contributed by atoms with Crippen LogP contribution < -0.4 is 14.8 Å². The molecule has 1 atom stereocenters. The molecule has 9 heteroatoms. The molecule has 154 valence electrons. The molecule has 1 aromatic heterocycles. The highest BCUT2D eigenvalue weighted by molar-refractivity contribution is 6.31. The summed E-state index contributed by atoms with van der Waals surface area (Å²) in [5.74, 6) is 1.51. The van der Waals surface area contributed by atoms with Gasteiger partial charge >= 0.3 is 0 Å². The van der Waals surface area contributed by atoms with Crippen molar-refractivity contribution < 1.29 is 14.3 Å². The number of Topliss-reactive ketones (excluding diaryl/α,β-unsaturated/α-hetero) is 1. The first-order valence-electron chi connectivity index (χ1n) is 9.30. The summed E-state index contributed by atoms with van der Waals surface area (Å²) in [7, 11) is 1.57. The van der Waals surface area contributed by atoms with Crippen molar-refractivity contribution in [3.63, 3.8) is 0 Å². The number of carbonyl (C=O) groups excluding carboxylic acids is 1. The minimum atomic E-state index is -0.472. The number of nitrogens with zero attached hydrogens (tertiary/aromatic N) is 4. The molecule has 2 aromatic carbocycles. The summed E-state index contributed by atoms with van der Waals surface area (Å²) >= 11 is 6.21. The zero-order valence-corrected chi connectivity index (χ0v) is 17.5. The van der Waals surface area contributed by atoms with E-state index in [2.05, 4.69) is 20.8 Å². The third kappa shape index (κ3) is 3.61. The number of methoxy groups -OCH3 is 1. The predicted molar refractivity (Wildman–Crippen MR) is 112 cm³/mol. The number of hydrogen-bond acceptors (Lipinski definition) is 7. The molecule has 0 spiro atoms. The molecule has 0 amide bonds. The van der Waals surface area contributed by atoms with Crippen LogP contribution in [0.25, 0.3) is 0 Å². The van der Waals surface area contributed by atoms with Crippen molar-refractivity contribution in [3.8, 4) is 11.5 Å². The van der Waals surface area contributed by atoms with Crippen LogP contribution in [0, 0.1) is 0 Å². The summed E-state index contributed by atoms with van der Waals surface area (Å²) in [6.45, 7) is 3.67. The number of aromatic nitrogens is 4. The number of tetrazole rings is 1. The molecule has 8 nitrogen and oxygen atoms in total. The number of nitrogens with one attached hydrogen (secondary N) is 1. The maximum Gasteiger partial charge on any atom is 0.248 e.